The molecule has 2 atom stereocenters. The van der Waals surface area contributed by atoms with Crippen LogP contribution >= 0.6 is 0 Å². The summed E-state index contributed by atoms with van der Waals surface area (Å²) in [5.74, 6) is -0.0109. The zero-order chi connectivity index (χ0) is 13.4. The number of carbonyl (C=O) groups is 1. The molecule has 1 amide bonds. The number of rotatable bonds is 2. The number of nitro groups is 1. The molecule has 1 fully saturated rings. The number of nitro benzene ring substituents is 1. The van der Waals surface area contributed by atoms with Crippen molar-refractivity contribution in [2.75, 3.05) is 7.05 Å². The highest BCUT2D eigenvalue weighted by molar-refractivity contribution is 5.83. The van der Waals surface area contributed by atoms with Gasteiger partial charge in [0.15, 0.2) is 0 Å². The molecular formula is C12H15N3O3. The monoisotopic (exact) mass is 249 g/mol. The van der Waals surface area contributed by atoms with Crippen LogP contribution in [0.4, 0.5) is 5.69 Å². The molecule has 18 heavy (non-hydrogen) atoms. The third kappa shape index (κ3) is 1.95. The summed E-state index contributed by atoms with van der Waals surface area (Å²) in [6.07, 6.45) is -0.299. The van der Waals surface area contributed by atoms with E-state index in [1.807, 2.05) is 6.07 Å². The minimum Gasteiger partial charge on any atom is -0.325 e. The van der Waals surface area contributed by atoms with Crippen molar-refractivity contribution in [1.82, 2.24) is 10.2 Å². The summed E-state index contributed by atoms with van der Waals surface area (Å²) in [6, 6.07) is 4.77. The molecule has 6 heteroatoms. The smallest absolute Gasteiger partial charge is 0.272 e. The van der Waals surface area contributed by atoms with E-state index in [1.165, 1.54) is 6.07 Å². The van der Waals surface area contributed by atoms with Gasteiger partial charge in [-0.15, -0.1) is 0 Å². The van der Waals surface area contributed by atoms with Crippen LogP contribution in [0.2, 0.25) is 0 Å². The SMILES string of the molecule is Cc1ccc(C2NC(C)C(=O)N2C)cc1[N+](=O)[O-]. The van der Waals surface area contributed by atoms with Crippen molar-refractivity contribution in [3.63, 3.8) is 0 Å². The van der Waals surface area contributed by atoms with E-state index in [1.54, 1.807) is 31.9 Å². The van der Waals surface area contributed by atoms with Gasteiger partial charge in [0.05, 0.1) is 11.0 Å². The fourth-order valence-electron chi connectivity index (χ4n) is 2.17. The Morgan fingerprint density at radius 3 is 2.61 bits per heavy atom. The van der Waals surface area contributed by atoms with E-state index in [0.717, 1.165) is 5.56 Å². The molecule has 1 aromatic rings. The normalized spacial score (nSPS) is 23.5. The summed E-state index contributed by atoms with van der Waals surface area (Å²) in [6.45, 7) is 3.48. The van der Waals surface area contributed by atoms with E-state index < -0.39 is 4.92 Å². The number of nitrogens with zero attached hydrogens (tertiary/aromatic N) is 2. The number of carbonyl (C=O) groups excluding carboxylic acids is 1. The van der Waals surface area contributed by atoms with Gasteiger partial charge in [-0.25, -0.2) is 0 Å². The van der Waals surface area contributed by atoms with Gasteiger partial charge in [0, 0.05) is 18.7 Å². The number of hydrogen-bond donors (Lipinski definition) is 1. The van der Waals surface area contributed by atoms with E-state index in [2.05, 4.69) is 5.32 Å². The van der Waals surface area contributed by atoms with Crippen LogP contribution in [0.1, 0.15) is 24.2 Å². The number of aryl methyl sites for hydroxylation is 1. The highest BCUT2D eigenvalue weighted by atomic mass is 16.6. The van der Waals surface area contributed by atoms with Gasteiger partial charge in [0.2, 0.25) is 5.91 Å². The number of likely N-dealkylation sites (N-methyl/N-ethyl adjacent to an activating group) is 1. The quantitative estimate of drug-likeness (QED) is 0.634. The van der Waals surface area contributed by atoms with Gasteiger partial charge in [0.1, 0.15) is 6.17 Å². The second kappa shape index (κ2) is 4.38. The molecule has 0 radical (unpaired) electrons. The van der Waals surface area contributed by atoms with Crippen molar-refractivity contribution >= 4 is 11.6 Å². The van der Waals surface area contributed by atoms with Crippen molar-refractivity contribution in [3.05, 3.63) is 39.4 Å². The lowest BCUT2D eigenvalue weighted by Gasteiger charge is -2.19. The van der Waals surface area contributed by atoms with E-state index in [4.69, 9.17) is 0 Å². The zero-order valence-corrected chi connectivity index (χ0v) is 10.5. The van der Waals surface area contributed by atoms with E-state index in [0.29, 0.717) is 5.56 Å². The number of nitrogens with one attached hydrogen (secondary N) is 1. The van der Waals surface area contributed by atoms with Crippen molar-refractivity contribution in [1.29, 1.82) is 0 Å². The van der Waals surface area contributed by atoms with Gasteiger partial charge in [-0.05, 0) is 19.4 Å². The van der Waals surface area contributed by atoms with Crippen LogP contribution in [-0.4, -0.2) is 28.8 Å². The minimum absolute atomic E-state index is 0.0109. The Labute approximate surface area is 105 Å². The molecule has 96 valence electrons. The molecule has 6 nitrogen and oxygen atoms in total. The Bertz CT molecular complexity index is 515. The summed E-state index contributed by atoms with van der Waals surface area (Å²) in [4.78, 5) is 23.8. The average Bonchev–Trinajstić information content (AvgIpc) is 2.57. The van der Waals surface area contributed by atoms with Crippen LogP contribution in [0.15, 0.2) is 18.2 Å². The van der Waals surface area contributed by atoms with Crippen LogP contribution in [0.25, 0.3) is 0 Å². The summed E-state index contributed by atoms with van der Waals surface area (Å²) in [5.41, 5.74) is 1.42. The Morgan fingerprint density at radius 2 is 2.11 bits per heavy atom. The van der Waals surface area contributed by atoms with E-state index >= 15 is 0 Å². The molecule has 0 spiro atoms. The summed E-state index contributed by atoms with van der Waals surface area (Å²) in [7, 11) is 1.69. The molecule has 1 aromatic carbocycles. The van der Waals surface area contributed by atoms with Gasteiger partial charge >= 0.3 is 0 Å². The number of benzene rings is 1. The Hall–Kier alpha value is -1.95. The number of hydrogen-bond acceptors (Lipinski definition) is 4. The van der Waals surface area contributed by atoms with Crippen molar-refractivity contribution in [3.8, 4) is 0 Å². The Balaban J connectivity index is 2.38. The Morgan fingerprint density at radius 1 is 1.44 bits per heavy atom. The van der Waals surface area contributed by atoms with Crippen LogP contribution in [0.3, 0.4) is 0 Å². The lowest BCUT2D eigenvalue weighted by molar-refractivity contribution is -0.385. The van der Waals surface area contributed by atoms with E-state index in [9.17, 15) is 14.9 Å². The predicted octanol–water partition coefficient (Wildman–Crippen LogP) is 1.35. The third-order valence-corrected chi connectivity index (χ3v) is 3.26. The standard InChI is InChI=1S/C12H15N3O3/c1-7-4-5-9(6-10(7)15(17)18)11-13-8(2)12(16)14(11)3/h4-6,8,11,13H,1-3H3. The van der Waals surface area contributed by atoms with Crippen molar-refractivity contribution in [2.45, 2.75) is 26.1 Å². The van der Waals surface area contributed by atoms with Gasteiger partial charge in [0.25, 0.3) is 5.69 Å². The van der Waals surface area contributed by atoms with Gasteiger partial charge in [-0.3, -0.25) is 20.2 Å². The molecular weight excluding hydrogens is 234 g/mol. The van der Waals surface area contributed by atoms with Crippen LogP contribution in [0.5, 0.6) is 0 Å². The molecule has 0 aromatic heterocycles. The van der Waals surface area contributed by atoms with Crippen LogP contribution in [-0.2, 0) is 4.79 Å². The fourth-order valence-corrected chi connectivity index (χ4v) is 2.17. The first-order valence-electron chi connectivity index (χ1n) is 5.69. The average molecular weight is 249 g/mol. The van der Waals surface area contributed by atoms with Gasteiger partial charge in [-0.2, -0.15) is 0 Å². The molecule has 0 bridgehead atoms. The number of amides is 1. The second-order valence-electron chi connectivity index (χ2n) is 4.54. The van der Waals surface area contributed by atoms with E-state index in [-0.39, 0.29) is 23.8 Å². The Kier molecular flexibility index (Phi) is 3.04. The topological polar surface area (TPSA) is 75.5 Å². The van der Waals surface area contributed by atoms with Crippen LogP contribution < -0.4 is 5.32 Å². The zero-order valence-electron chi connectivity index (χ0n) is 10.5. The fraction of sp³-hybridized carbons (Fsp3) is 0.417. The molecule has 2 rings (SSSR count). The van der Waals surface area contributed by atoms with Gasteiger partial charge in [-0.1, -0.05) is 12.1 Å². The summed E-state index contributed by atoms with van der Waals surface area (Å²) < 4.78 is 0. The molecule has 1 N–H and O–H groups in total. The molecule has 1 aliphatic heterocycles. The molecule has 2 unspecified atom stereocenters. The molecule has 1 aliphatic rings. The van der Waals surface area contributed by atoms with Gasteiger partial charge < -0.3 is 4.90 Å². The highest BCUT2D eigenvalue weighted by Gasteiger charge is 2.34. The molecule has 0 aliphatic carbocycles. The maximum absolute atomic E-state index is 11.7. The van der Waals surface area contributed by atoms with Crippen molar-refractivity contribution < 1.29 is 9.72 Å². The van der Waals surface area contributed by atoms with Crippen LogP contribution in [0, 0.1) is 17.0 Å². The summed E-state index contributed by atoms with van der Waals surface area (Å²) in [5, 5.41) is 14.0. The maximum Gasteiger partial charge on any atom is 0.272 e. The second-order valence-corrected chi connectivity index (χ2v) is 4.54. The minimum atomic E-state index is -0.404. The van der Waals surface area contributed by atoms with Crippen molar-refractivity contribution in [2.24, 2.45) is 0 Å². The predicted molar refractivity (Wildman–Crippen MR) is 65.9 cm³/mol. The first kappa shape index (κ1) is 12.5. The molecule has 0 saturated carbocycles. The lowest BCUT2D eigenvalue weighted by atomic mass is 10.1. The largest absolute Gasteiger partial charge is 0.325 e. The first-order chi connectivity index (χ1) is 8.41. The molecule has 1 heterocycles. The molecule has 1 saturated heterocycles. The third-order valence-electron chi connectivity index (χ3n) is 3.26. The first-order valence-corrected chi connectivity index (χ1v) is 5.69. The highest BCUT2D eigenvalue weighted by Crippen LogP contribution is 2.28. The summed E-state index contributed by atoms with van der Waals surface area (Å²) >= 11 is 0. The maximum atomic E-state index is 11.7. The lowest BCUT2D eigenvalue weighted by Crippen LogP contribution is -2.26.